The molecule has 1 spiro atoms. The van der Waals surface area contributed by atoms with E-state index in [0.717, 1.165) is 5.78 Å². The van der Waals surface area contributed by atoms with Crippen LogP contribution in [0.5, 0.6) is 0 Å². The highest BCUT2D eigenvalue weighted by Gasteiger charge is 2.52. The van der Waals surface area contributed by atoms with Gasteiger partial charge in [0.1, 0.15) is 5.41 Å². The summed E-state index contributed by atoms with van der Waals surface area (Å²) in [5.41, 5.74) is 0.276. The van der Waals surface area contributed by atoms with Crippen LogP contribution in [0.4, 0.5) is 0 Å². The Bertz CT molecular complexity index is 234. The maximum atomic E-state index is 5.06. The second-order valence-corrected chi connectivity index (χ2v) is 3.14. The standard InChI is InChI=1S/C8H8BrO/c9-10-7-3-1-2-4-8(7)5-6-8/h1-4H,5-6H2/q+1. The molecule has 0 saturated heterocycles. The maximum Gasteiger partial charge on any atom is 0.546 e. The van der Waals surface area contributed by atoms with Gasteiger partial charge in [-0.2, -0.15) is 3.52 Å². The fourth-order valence-electron chi connectivity index (χ4n) is 1.28. The van der Waals surface area contributed by atoms with E-state index < -0.39 is 0 Å². The number of hydrogen-bond acceptors (Lipinski definition) is 0. The van der Waals surface area contributed by atoms with Crippen LogP contribution in [-0.2, 0) is 3.52 Å². The van der Waals surface area contributed by atoms with Gasteiger partial charge in [0.15, 0.2) is 0 Å². The molecule has 2 rings (SSSR count). The molecule has 0 heterocycles. The Kier molecular flexibility index (Phi) is 1.31. The van der Waals surface area contributed by atoms with Crippen molar-refractivity contribution in [3.63, 3.8) is 0 Å². The van der Waals surface area contributed by atoms with Crippen LogP contribution in [0, 0.1) is 5.41 Å². The molecule has 0 bridgehead atoms. The van der Waals surface area contributed by atoms with E-state index >= 15 is 0 Å². The fraction of sp³-hybridized carbons (Fsp3) is 0.375. The summed E-state index contributed by atoms with van der Waals surface area (Å²) < 4.78 is 5.06. The number of hydrogen-bond donors (Lipinski definition) is 0. The van der Waals surface area contributed by atoms with E-state index in [-0.39, 0.29) is 5.41 Å². The van der Waals surface area contributed by atoms with E-state index in [4.69, 9.17) is 3.52 Å². The summed E-state index contributed by atoms with van der Waals surface area (Å²) in [5.74, 6) is 1.05. The van der Waals surface area contributed by atoms with Gasteiger partial charge < -0.3 is 0 Å². The highest BCUT2D eigenvalue weighted by Crippen LogP contribution is 2.49. The van der Waals surface area contributed by atoms with Gasteiger partial charge in [-0.15, -0.1) is 0 Å². The molecule has 1 fully saturated rings. The second kappa shape index (κ2) is 2.06. The predicted octanol–water partition coefficient (Wildman–Crippen LogP) is 2.31. The number of halogens is 1. The largest absolute Gasteiger partial charge is 0.546 e. The van der Waals surface area contributed by atoms with Crippen molar-refractivity contribution in [3.05, 3.63) is 24.3 Å². The van der Waals surface area contributed by atoms with E-state index in [1.165, 1.54) is 12.8 Å². The lowest BCUT2D eigenvalue weighted by atomic mass is 9.97. The molecule has 0 aromatic carbocycles. The van der Waals surface area contributed by atoms with Crippen LogP contribution in [0.15, 0.2) is 24.3 Å². The molecule has 0 atom stereocenters. The van der Waals surface area contributed by atoms with Crippen molar-refractivity contribution < 1.29 is 3.52 Å². The molecule has 2 heteroatoms. The van der Waals surface area contributed by atoms with Gasteiger partial charge in [0, 0.05) is 6.08 Å². The number of allylic oxidation sites excluding steroid dienone is 4. The Hall–Kier alpha value is -0.370. The maximum absolute atomic E-state index is 5.06. The van der Waals surface area contributed by atoms with Crippen molar-refractivity contribution in [3.8, 4) is 0 Å². The third kappa shape index (κ3) is 0.788. The van der Waals surface area contributed by atoms with Gasteiger partial charge in [-0.05, 0) is 12.8 Å². The zero-order valence-corrected chi connectivity index (χ0v) is 7.10. The topological polar surface area (TPSA) is 11.3 Å². The molecule has 2 aliphatic carbocycles. The van der Waals surface area contributed by atoms with Crippen molar-refractivity contribution in [2.45, 2.75) is 12.8 Å². The van der Waals surface area contributed by atoms with E-state index in [1.54, 1.807) is 0 Å². The molecular formula is C8H8BrO+. The smallest absolute Gasteiger partial charge is 0.166 e. The average molecular weight is 200 g/mol. The highest BCUT2D eigenvalue weighted by atomic mass is 79.9. The molecule has 0 aliphatic heterocycles. The summed E-state index contributed by atoms with van der Waals surface area (Å²) >= 11 is 3.00. The third-order valence-electron chi connectivity index (χ3n) is 2.14. The molecule has 0 unspecified atom stereocenters. The molecule has 0 aromatic heterocycles. The minimum absolute atomic E-state index is 0.276. The summed E-state index contributed by atoms with van der Waals surface area (Å²) in [6.07, 6.45) is 10.8. The van der Waals surface area contributed by atoms with Crippen molar-refractivity contribution in [2.24, 2.45) is 5.41 Å². The average Bonchev–Trinajstić information content (AvgIpc) is 2.71. The van der Waals surface area contributed by atoms with Crippen LogP contribution < -0.4 is 0 Å². The molecule has 0 radical (unpaired) electrons. The Morgan fingerprint density at radius 3 is 2.70 bits per heavy atom. The van der Waals surface area contributed by atoms with Gasteiger partial charge in [-0.1, -0.05) is 18.2 Å². The van der Waals surface area contributed by atoms with Crippen molar-refractivity contribution >= 4 is 22.0 Å². The zero-order chi connectivity index (χ0) is 7.03. The molecule has 2 aliphatic rings. The number of carbonyl (C=O) groups excluding carboxylic acids is 1. The summed E-state index contributed by atoms with van der Waals surface area (Å²) in [7, 11) is 0. The van der Waals surface area contributed by atoms with Crippen LogP contribution >= 0.6 is 16.3 Å². The molecule has 1 nitrogen and oxygen atoms in total. The molecule has 0 amide bonds. The lowest BCUT2D eigenvalue weighted by Crippen LogP contribution is -2.13. The van der Waals surface area contributed by atoms with Gasteiger partial charge in [-0.25, -0.2) is 0 Å². The first-order valence-corrected chi connectivity index (χ1v) is 4.04. The Labute approximate surface area is 68.6 Å². The van der Waals surface area contributed by atoms with Gasteiger partial charge in [0.2, 0.25) is 0 Å². The highest BCUT2D eigenvalue weighted by molar-refractivity contribution is 9.04. The van der Waals surface area contributed by atoms with E-state index in [0.29, 0.717) is 0 Å². The quantitative estimate of drug-likeness (QED) is 0.531. The first-order valence-electron chi connectivity index (χ1n) is 3.39. The first kappa shape index (κ1) is 6.35. The van der Waals surface area contributed by atoms with E-state index in [1.807, 2.05) is 12.2 Å². The van der Waals surface area contributed by atoms with Gasteiger partial charge in [-0.3, -0.25) is 0 Å². The van der Waals surface area contributed by atoms with Crippen molar-refractivity contribution in [1.82, 2.24) is 0 Å². The first-order chi connectivity index (χ1) is 4.87. The van der Waals surface area contributed by atoms with E-state index in [2.05, 4.69) is 28.4 Å². The Morgan fingerprint density at radius 2 is 2.20 bits per heavy atom. The minimum atomic E-state index is 0.276. The molecule has 52 valence electrons. The lowest BCUT2D eigenvalue weighted by Gasteiger charge is -2.01. The molecule has 1 saturated carbocycles. The normalized spacial score (nSPS) is 29.9. The zero-order valence-electron chi connectivity index (χ0n) is 5.51. The van der Waals surface area contributed by atoms with Gasteiger partial charge >= 0.3 is 22.0 Å². The van der Waals surface area contributed by atoms with Gasteiger partial charge in [0.25, 0.3) is 0 Å². The number of ketones is 1. The molecular weight excluding hydrogens is 192 g/mol. The SMILES string of the molecule is Br[O+]=C1C=CC=CC12CC2. The molecule has 10 heavy (non-hydrogen) atoms. The second-order valence-electron chi connectivity index (χ2n) is 2.82. The summed E-state index contributed by atoms with van der Waals surface area (Å²) in [5, 5.41) is 0. The lowest BCUT2D eigenvalue weighted by molar-refractivity contribution is -0.223. The van der Waals surface area contributed by atoms with E-state index in [9.17, 15) is 0 Å². The fourth-order valence-corrected chi connectivity index (χ4v) is 1.71. The Morgan fingerprint density at radius 1 is 1.40 bits per heavy atom. The summed E-state index contributed by atoms with van der Waals surface area (Å²) in [6.45, 7) is 0. The van der Waals surface area contributed by atoms with Crippen molar-refractivity contribution in [2.75, 3.05) is 0 Å². The third-order valence-corrected chi connectivity index (χ3v) is 2.49. The van der Waals surface area contributed by atoms with Crippen LogP contribution in [0.25, 0.3) is 0 Å². The molecule has 0 aromatic rings. The summed E-state index contributed by atoms with van der Waals surface area (Å²) in [6, 6.07) is 0. The molecule has 0 N–H and O–H groups in total. The van der Waals surface area contributed by atoms with Crippen molar-refractivity contribution in [1.29, 1.82) is 0 Å². The van der Waals surface area contributed by atoms with Gasteiger partial charge in [0.05, 0.1) is 0 Å². The minimum Gasteiger partial charge on any atom is -0.166 e. The van der Waals surface area contributed by atoms with Crippen LogP contribution in [0.2, 0.25) is 0 Å². The predicted molar refractivity (Wildman–Crippen MR) is 43.9 cm³/mol. The van der Waals surface area contributed by atoms with Crippen LogP contribution in [0.1, 0.15) is 12.8 Å². The summed E-state index contributed by atoms with van der Waals surface area (Å²) in [4.78, 5) is 0. The van der Waals surface area contributed by atoms with Crippen LogP contribution in [-0.4, -0.2) is 5.78 Å². The monoisotopic (exact) mass is 199 g/mol. The number of rotatable bonds is 0. The van der Waals surface area contributed by atoms with Crippen LogP contribution in [0.3, 0.4) is 0 Å². The Balaban J connectivity index is 2.36.